The van der Waals surface area contributed by atoms with Crippen molar-refractivity contribution in [1.82, 2.24) is 9.97 Å². The molecule has 0 bridgehead atoms. The minimum atomic E-state index is 0.310. The minimum absolute atomic E-state index is 0.310. The first-order chi connectivity index (χ1) is 15.1. The van der Waals surface area contributed by atoms with E-state index in [4.69, 9.17) is 9.47 Å². The van der Waals surface area contributed by atoms with Crippen molar-refractivity contribution in [2.45, 2.75) is 13.8 Å². The Morgan fingerprint density at radius 1 is 0.903 bits per heavy atom. The van der Waals surface area contributed by atoms with Crippen LogP contribution in [-0.2, 0) is 0 Å². The van der Waals surface area contributed by atoms with E-state index in [1.54, 1.807) is 13.4 Å². The Balaban J connectivity index is 1.64. The normalized spacial score (nSPS) is 10.5. The number of methoxy groups -OCH3 is 1. The van der Waals surface area contributed by atoms with Crippen molar-refractivity contribution in [3.8, 4) is 29.1 Å². The standard InChI is InChI=1S/C26H23N3O2/c1-18(2)9-10-19-11-13-23-22(15-19)26(28-17-27-23)29-20-12-14-24(25(16-20)30-3)31-21-7-5-4-6-8-21/h4-8,11-18H,1-3H3,(H,27,28,29). The molecule has 0 spiro atoms. The largest absolute Gasteiger partial charge is 0.493 e. The lowest BCUT2D eigenvalue weighted by Gasteiger charge is -2.13. The van der Waals surface area contributed by atoms with Gasteiger partial charge in [-0.1, -0.05) is 43.9 Å². The number of anilines is 2. The number of para-hydroxylation sites is 1. The number of nitrogens with one attached hydrogen (secondary N) is 1. The van der Waals surface area contributed by atoms with Gasteiger partial charge in [0, 0.05) is 28.6 Å². The first-order valence-corrected chi connectivity index (χ1v) is 10.1. The molecule has 5 nitrogen and oxygen atoms in total. The molecule has 0 saturated carbocycles. The zero-order valence-corrected chi connectivity index (χ0v) is 17.7. The van der Waals surface area contributed by atoms with Gasteiger partial charge in [-0.2, -0.15) is 0 Å². The number of hydrogen-bond donors (Lipinski definition) is 1. The van der Waals surface area contributed by atoms with E-state index in [1.165, 1.54) is 0 Å². The van der Waals surface area contributed by atoms with Gasteiger partial charge in [0.2, 0.25) is 0 Å². The summed E-state index contributed by atoms with van der Waals surface area (Å²) in [5.74, 6) is 9.42. The number of nitrogens with zero attached hydrogens (tertiary/aromatic N) is 2. The van der Waals surface area contributed by atoms with Crippen LogP contribution in [0.15, 0.2) is 73.1 Å². The maximum absolute atomic E-state index is 5.94. The Morgan fingerprint density at radius 2 is 1.74 bits per heavy atom. The van der Waals surface area contributed by atoms with Crippen LogP contribution in [0.5, 0.6) is 17.2 Å². The lowest BCUT2D eigenvalue weighted by Crippen LogP contribution is -1.98. The molecule has 0 aliphatic carbocycles. The van der Waals surface area contributed by atoms with Crippen LogP contribution in [0.2, 0.25) is 0 Å². The van der Waals surface area contributed by atoms with E-state index >= 15 is 0 Å². The van der Waals surface area contributed by atoms with Gasteiger partial charge in [-0.05, 0) is 42.5 Å². The van der Waals surface area contributed by atoms with Crippen LogP contribution in [0.3, 0.4) is 0 Å². The van der Waals surface area contributed by atoms with Crippen LogP contribution in [0.4, 0.5) is 11.5 Å². The van der Waals surface area contributed by atoms with Crippen LogP contribution < -0.4 is 14.8 Å². The lowest BCUT2D eigenvalue weighted by atomic mass is 10.1. The number of hydrogen-bond acceptors (Lipinski definition) is 5. The van der Waals surface area contributed by atoms with Crippen molar-refractivity contribution < 1.29 is 9.47 Å². The van der Waals surface area contributed by atoms with Gasteiger partial charge >= 0.3 is 0 Å². The summed E-state index contributed by atoms with van der Waals surface area (Å²) in [4.78, 5) is 8.81. The van der Waals surface area contributed by atoms with Gasteiger partial charge < -0.3 is 14.8 Å². The number of ether oxygens (including phenoxy) is 2. The summed E-state index contributed by atoms with van der Waals surface area (Å²) in [5, 5.41) is 4.27. The molecule has 0 atom stereocenters. The smallest absolute Gasteiger partial charge is 0.169 e. The maximum Gasteiger partial charge on any atom is 0.169 e. The van der Waals surface area contributed by atoms with E-state index in [0.717, 1.165) is 27.9 Å². The number of fused-ring (bicyclic) bond motifs is 1. The predicted octanol–water partition coefficient (Wildman–Crippen LogP) is 6.18. The van der Waals surface area contributed by atoms with Gasteiger partial charge in [0.1, 0.15) is 17.9 Å². The van der Waals surface area contributed by atoms with Crippen molar-refractivity contribution in [2.75, 3.05) is 12.4 Å². The van der Waals surface area contributed by atoms with Crippen LogP contribution in [0, 0.1) is 17.8 Å². The first-order valence-electron chi connectivity index (χ1n) is 10.1. The zero-order chi connectivity index (χ0) is 21.6. The van der Waals surface area contributed by atoms with Gasteiger partial charge in [0.05, 0.1) is 12.6 Å². The molecule has 3 aromatic carbocycles. The summed E-state index contributed by atoms with van der Waals surface area (Å²) < 4.78 is 11.5. The highest BCUT2D eigenvalue weighted by Crippen LogP contribution is 2.35. The summed E-state index contributed by atoms with van der Waals surface area (Å²) in [6, 6.07) is 21.2. The Hall–Kier alpha value is -4.04. The number of rotatable bonds is 5. The molecule has 1 heterocycles. The third-order valence-corrected chi connectivity index (χ3v) is 4.54. The van der Waals surface area contributed by atoms with Crippen molar-refractivity contribution in [1.29, 1.82) is 0 Å². The number of benzene rings is 3. The fourth-order valence-electron chi connectivity index (χ4n) is 3.04. The summed E-state index contributed by atoms with van der Waals surface area (Å²) in [6.45, 7) is 4.14. The molecule has 1 aromatic heterocycles. The molecule has 0 aliphatic rings. The molecule has 0 fully saturated rings. The van der Waals surface area contributed by atoms with Crippen molar-refractivity contribution in [3.63, 3.8) is 0 Å². The maximum atomic E-state index is 5.94. The van der Waals surface area contributed by atoms with Crippen LogP contribution in [0.25, 0.3) is 10.9 Å². The van der Waals surface area contributed by atoms with Gasteiger partial charge in [-0.3, -0.25) is 0 Å². The SMILES string of the molecule is COc1cc(Nc2ncnc3ccc(C#CC(C)C)cc23)ccc1Oc1ccccc1. The fraction of sp³-hybridized carbons (Fsp3) is 0.154. The molecule has 1 N–H and O–H groups in total. The molecule has 4 aromatic rings. The van der Waals surface area contributed by atoms with Gasteiger partial charge in [-0.25, -0.2) is 9.97 Å². The molecule has 0 unspecified atom stereocenters. The topological polar surface area (TPSA) is 56.3 Å². The van der Waals surface area contributed by atoms with E-state index in [-0.39, 0.29) is 0 Å². The number of aromatic nitrogens is 2. The van der Waals surface area contributed by atoms with Crippen molar-refractivity contribution in [3.05, 3.63) is 78.6 Å². The Kier molecular flexibility index (Phi) is 6.00. The molecule has 5 heteroatoms. The van der Waals surface area contributed by atoms with E-state index in [1.807, 2.05) is 66.7 Å². The monoisotopic (exact) mass is 409 g/mol. The van der Waals surface area contributed by atoms with E-state index < -0.39 is 0 Å². The van der Waals surface area contributed by atoms with Crippen LogP contribution in [-0.4, -0.2) is 17.1 Å². The lowest BCUT2D eigenvalue weighted by molar-refractivity contribution is 0.379. The quantitative estimate of drug-likeness (QED) is 0.399. The average molecular weight is 409 g/mol. The van der Waals surface area contributed by atoms with E-state index in [2.05, 4.69) is 41.0 Å². The summed E-state index contributed by atoms with van der Waals surface area (Å²) in [5.41, 5.74) is 2.61. The van der Waals surface area contributed by atoms with E-state index in [9.17, 15) is 0 Å². The third-order valence-electron chi connectivity index (χ3n) is 4.54. The molecule has 0 aliphatic heterocycles. The Bertz CT molecular complexity index is 1260. The molecule has 154 valence electrons. The molecule has 0 amide bonds. The molecular weight excluding hydrogens is 386 g/mol. The highest BCUT2D eigenvalue weighted by molar-refractivity contribution is 5.91. The van der Waals surface area contributed by atoms with Crippen LogP contribution in [0.1, 0.15) is 19.4 Å². The van der Waals surface area contributed by atoms with Crippen molar-refractivity contribution >= 4 is 22.4 Å². The molecular formula is C26H23N3O2. The average Bonchev–Trinajstić information content (AvgIpc) is 2.79. The zero-order valence-electron chi connectivity index (χ0n) is 17.7. The highest BCUT2D eigenvalue weighted by Gasteiger charge is 2.10. The fourth-order valence-corrected chi connectivity index (χ4v) is 3.04. The summed E-state index contributed by atoms with van der Waals surface area (Å²) in [7, 11) is 1.62. The molecule has 31 heavy (non-hydrogen) atoms. The molecule has 4 rings (SSSR count). The Labute approximate surface area is 182 Å². The summed E-state index contributed by atoms with van der Waals surface area (Å²) >= 11 is 0. The van der Waals surface area contributed by atoms with Gasteiger partial charge in [0.25, 0.3) is 0 Å². The third kappa shape index (κ3) is 4.93. The second kappa shape index (κ2) is 9.19. The Morgan fingerprint density at radius 3 is 2.52 bits per heavy atom. The second-order valence-corrected chi connectivity index (χ2v) is 7.28. The van der Waals surface area contributed by atoms with Gasteiger partial charge in [0.15, 0.2) is 11.5 Å². The molecule has 0 radical (unpaired) electrons. The second-order valence-electron chi connectivity index (χ2n) is 7.28. The van der Waals surface area contributed by atoms with Crippen LogP contribution >= 0.6 is 0 Å². The summed E-state index contributed by atoms with van der Waals surface area (Å²) in [6.07, 6.45) is 1.55. The highest BCUT2D eigenvalue weighted by atomic mass is 16.5. The molecule has 0 saturated heterocycles. The predicted molar refractivity (Wildman–Crippen MR) is 124 cm³/mol. The van der Waals surface area contributed by atoms with Crippen molar-refractivity contribution in [2.24, 2.45) is 5.92 Å². The van der Waals surface area contributed by atoms with Gasteiger partial charge in [-0.15, -0.1) is 0 Å². The first kappa shape index (κ1) is 20.2. The van der Waals surface area contributed by atoms with E-state index in [0.29, 0.717) is 23.2 Å². The minimum Gasteiger partial charge on any atom is -0.493 e.